The van der Waals surface area contributed by atoms with Crippen LogP contribution in [0.5, 0.6) is 0 Å². The number of carbonyl (C=O) groups is 1. The van der Waals surface area contributed by atoms with Crippen LogP contribution in [-0.4, -0.2) is 16.9 Å². The van der Waals surface area contributed by atoms with Crippen LogP contribution >= 0.6 is 11.3 Å². The van der Waals surface area contributed by atoms with Gasteiger partial charge in [-0.25, -0.2) is 4.98 Å². The second-order valence-electron chi connectivity index (χ2n) is 4.80. The Balaban J connectivity index is 2.02. The molecule has 0 aliphatic heterocycles. The lowest BCUT2D eigenvalue weighted by atomic mass is 10.1. The van der Waals surface area contributed by atoms with Gasteiger partial charge in [0.15, 0.2) is 0 Å². The largest absolute Gasteiger partial charge is 0.399 e. The Morgan fingerprint density at radius 1 is 1.40 bits per heavy atom. The average Bonchev–Trinajstić information content (AvgIpc) is 2.87. The zero-order valence-corrected chi connectivity index (χ0v) is 12.5. The number of amides is 1. The number of hydrogen-bond donors (Lipinski definition) is 2. The van der Waals surface area contributed by atoms with E-state index >= 15 is 0 Å². The molecule has 0 bridgehead atoms. The molecular formula is C15H19N3OS. The van der Waals surface area contributed by atoms with Crippen LogP contribution in [0.3, 0.4) is 0 Å². The molecule has 0 aliphatic carbocycles. The first kappa shape index (κ1) is 14.5. The molecule has 1 aromatic heterocycles. The first-order chi connectivity index (χ1) is 9.58. The van der Waals surface area contributed by atoms with Crippen LogP contribution in [0.2, 0.25) is 0 Å². The molecular weight excluding hydrogens is 270 g/mol. The maximum atomic E-state index is 11.8. The molecule has 1 aromatic carbocycles. The zero-order chi connectivity index (χ0) is 14.5. The highest BCUT2D eigenvalue weighted by molar-refractivity contribution is 7.10. The summed E-state index contributed by atoms with van der Waals surface area (Å²) < 4.78 is 0. The van der Waals surface area contributed by atoms with Gasteiger partial charge in [-0.2, -0.15) is 0 Å². The molecule has 0 aliphatic rings. The van der Waals surface area contributed by atoms with E-state index in [0.717, 1.165) is 28.4 Å². The Hall–Kier alpha value is -1.88. The molecule has 1 heterocycles. The minimum Gasteiger partial charge on any atom is -0.399 e. The van der Waals surface area contributed by atoms with Gasteiger partial charge < -0.3 is 11.1 Å². The smallest absolute Gasteiger partial charge is 0.227 e. The second kappa shape index (κ2) is 6.52. The van der Waals surface area contributed by atoms with Gasteiger partial charge >= 0.3 is 0 Å². The summed E-state index contributed by atoms with van der Waals surface area (Å²) in [6.45, 7) is 4.05. The molecule has 106 valence electrons. The van der Waals surface area contributed by atoms with Crippen LogP contribution in [0.4, 0.5) is 5.69 Å². The Labute approximate surface area is 123 Å². The number of anilines is 1. The van der Waals surface area contributed by atoms with E-state index in [1.54, 1.807) is 0 Å². The van der Waals surface area contributed by atoms with Gasteiger partial charge in [0.05, 0.1) is 12.1 Å². The van der Waals surface area contributed by atoms with Crippen molar-refractivity contribution in [2.45, 2.75) is 32.7 Å². The molecule has 3 N–H and O–H groups in total. The highest BCUT2D eigenvalue weighted by Gasteiger charge is 2.10. The van der Waals surface area contributed by atoms with Crippen molar-refractivity contribution in [2.24, 2.45) is 0 Å². The number of rotatable bonds is 5. The van der Waals surface area contributed by atoms with E-state index in [1.165, 1.54) is 11.3 Å². The number of hydrogen-bond acceptors (Lipinski definition) is 4. The minimum atomic E-state index is 0.0255. The fourth-order valence-electron chi connectivity index (χ4n) is 1.74. The summed E-state index contributed by atoms with van der Waals surface area (Å²) in [6, 6.07) is 7.79. The predicted octanol–water partition coefficient (Wildman–Crippen LogP) is 2.85. The van der Waals surface area contributed by atoms with Crippen molar-refractivity contribution < 1.29 is 4.79 Å². The van der Waals surface area contributed by atoms with E-state index in [4.69, 9.17) is 5.73 Å². The number of benzene rings is 1. The normalized spacial score (nSPS) is 12.1. The number of nitrogens with two attached hydrogens (primary N) is 1. The van der Waals surface area contributed by atoms with E-state index in [0.29, 0.717) is 6.42 Å². The van der Waals surface area contributed by atoms with Crippen LogP contribution in [-0.2, 0) is 11.2 Å². The van der Waals surface area contributed by atoms with Crippen LogP contribution in [0, 0.1) is 0 Å². The van der Waals surface area contributed by atoms with E-state index in [9.17, 15) is 4.79 Å². The first-order valence-electron chi connectivity index (χ1n) is 6.68. The number of nitrogen functional groups attached to an aromatic ring is 1. The number of nitrogens with one attached hydrogen (secondary N) is 1. The lowest BCUT2D eigenvalue weighted by Crippen LogP contribution is -2.33. The fourth-order valence-corrected chi connectivity index (χ4v) is 2.55. The molecule has 20 heavy (non-hydrogen) atoms. The van der Waals surface area contributed by atoms with Gasteiger partial charge in [-0.15, -0.1) is 11.3 Å². The molecule has 1 unspecified atom stereocenters. The number of carbonyl (C=O) groups excluding carboxylic acids is 1. The predicted molar refractivity (Wildman–Crippen MR) is 83.6 cm³/mol. The Morgan fingerprint density at radius 2 is 2.10 bits per heavy atom. The van der Waals surface area contributed by atoms with Gasteiger partial charge in [0.1, 0.15) is 5.01 Å². The van der Waals surface area contributed by atoms with E-state index < -0.39 is 0 Å². The van der Waals surface area contributed by atoms with Gasteiger partial charge in [0.25, 0.3) is 0 Å². The van der Waals surface area contributed by atoms with Gasteiger partial charge in [0.2, 0.25) is 5.91 Å². The Bertz CT molecular complexity index is 577. The van der Waals surface area contributed by atoms with Crippen LogP contribution in [0.1, 0.15) is 25.3 Å². The summed E-state index contributed by atoms with van der Waals surface area (Å²) in [4.78, 5) is 16.3. The van der Waals surface area contributed by atoms with E-state index in [-0.39, 0.29) is 11.9 Å². The van der Waals surface area contributed by atoms with Crippen LogP contribution < -0.4 is 11.1 Å². The molecule has 0 fully saturated rings. The fraction of sp³-hybridized carbons (Fsp3) is 0.333. The first-order valence-corrected chi connectivity index (χ1v) is 7.56. The summed E-state index contributed by atoms with van der Waals surface area (Å²) in [6.07, 6.45) is 1.27. The molecule has 5 heteroatoms. The van der Waals surface area contributed by atoms with E-state index in [1.807, 2.05) is 43.5 Å². The van der Waals surface area contributed by atoms with Crippen molar-refractivity contribution in [1.29, 1.82) is 0 Å². The molecule has 1 amide bonds. The van der Waals surface area contributed by atoms with Crippen molar-refractivity contribution in [2.75, 3.05) is 5.73 Å². The lowest BCUT2D eigenvalue weighted by molar-refractivity contribution is -0.121. The summed E-state index contributed by atoms with van der Waals surface area (Å²) in [7, 11) is 0. The van der Waals surface area contributed by atoms with E-state index in [2.05, 4.69) is 10.3 Å². The zero-order valence-electron chi connectivity index (χ0n) is 11.7. The molecule has 0 radical (unpaired) electrons. The highest BCUT2D eigenvalue weighted by atomic mass is 32.1. The van der Waals surface area contributed by atoms with Crippen LogP contribution in [0.25, 0.3) is 11.3 Å². The quantitative estimate of drug-likeness (QED) is 0.832. The topological polar surface area (TPSA) is 68.0 Å². The van der Waals surface area contributed by atoms with Crippen LogP contribution in [0.15, 0.2) is 29.6 Å². The highest BCUT2D eigenvalue weighted by Crippen LogP contribution is 2.23. The van der Waals surface area contributed by atoms with Gasteiger partial charge in [0, 0.05) is 22.7 Å². The number of thiazole rings is 1. The van der Waals surface area contributed by atoms with Crippen molar-refractivity contribution in [3.05, 3.63) is 34.7 Å². The third-order valence-corrected chi connectivity index (χ3v) is 3.94. The summed E-state index contributed by atoms with van der Waals surface area (Å²) in [5, 5.41) is 5.75. The van der Waals surface area contributed by atoms with Crippen molar-refractivity contribution in [3.8, 4) is 11.3 Å². The Kier molecular flexibility index (Phi) is 4.74. The van der Waals surface area contributed by atoms with Crippen molar-refractivity contribution >= 4 is 22.9 Å². The summed E-state index contributed by atoms with van der Waals surface area (Å²) in [5.74, 6) is 0.0255. The third kappa shape index (κ3) is 3.81. The third-order valence-electron chi connectivity index (χ3n) is 3.09. The molecule has 0 saturated carbocycles. The molecule has 1 atom stereocenters. The molecule has 0 saturated heterocycles. The number of nitrogens with zero attached hydrogens (tertiary/aromatic N) is 1. The molecule has 0 spiro atoms. The maximum Gasteiger partial charge on any atom is 0.227 e. The Morgan fingerprint density at radius 3 is 2.75 bits per heavy atom. The van der Waals surface area contributed by atoms with Crippen molar-refractivity contribution in [1.82, 2.24) is 10.3 Å². The van der Waals surface area contributed by atoms with Gasteiger partial charge in [-0.3, -0.25) is 4.79 Å². The summed E-state index contributed by atoms with van der Waals surface area (Å²) in [5.41, 5.74) is 8.31. The maximum absolute atomic E-state index is 11.8. The monoisotopic (exact) mass is 289 g/mol. The average molecular weight is 289 g/mol. The molecule has 2 rings (SSSR count). The van der Waals surface area contributed by atoms with Gasteiger partial charge in [-0.05, 0) is 25.5 Å². The molecule has 2 aromatic rings. The summed E-state index contributed by atoms with van der Waals surface area (Å²) >= 11 is 1.51. The standard InChI is InChI=1S/C15H19N3OS/c1-3-10(2)17-14(19)8-15-18-13(9-20-15)11-4-6-12(16)7-5-11/h4-7,9-10H,3,8,16H2,1-2H3,(H,17,19). The number of aromatic nitrogens is 1. The lowest BCUT2D eigenvalue weighted by Gasteiger charge is -2.09. The molecule has 4 nitrogen and oxygen atoms in total. The van der Waals surface area contributed by atoms with Crippen molar-refractivity contribution in [3.63, 3.8) is 0 Å². The van der Waals surface area contributed by atoms with Gasteiger partial charge in [-0.1, -0.05) is 19.1 Å². The minimum absolute atomic E-state index is 0.0255. The second-order valence-corrected chi connectivity index (χ2v) is 5.74. The SMILES string of the molecule is CCC(C)NC(=O)Cc1nc(-c2ccc(N)cc2)cs1.